The second-order valence-corrected chi connectivity index (χ2v) is 5.51. The van der Waals surface area contributed by atoms with Gasteiger partial charge in [-0.3, -0.25) is 0 Å². The fraction of sp³-hybridized carbons (Fsp3) is 0.375. The normalized spacial score (nSPS) is 16.2. The lowest BCUT2D eigenvalue weighted by Gasteiger charge is -2.30. The molecule has 1 aliphatic heterocycles. The Morgan fingerprint density at radius 1 is 1.24 bits per heavy atom. The van der Waals surface area contributed by atoms with Crippen molar-refractivity contribution in [2.75, 3.05) is 18.0 Å². The Balaban J connectivity index is 1.95. The smallest absolute Gasteiger partial charge is 0.225 e. The van der Waals surface area contributed by atoms with Gasteiger partial charge in [-0.15, -0.1) is 0 Å². The van der Waals surface area contributed by atoms with Gasteiger partial charge in [0.25, 0.3) is 0 Å². The summed E-state index contributed by atoms with van der Waals surface area (Å²) in [5.74, 6) is 0.400. The number of hydrogen-bond acceptors (Lipinski definition) is 4. The fourth-order valence-corrected chi connectivity index (χ4v) is 2.61. The molecule has 0 atom stereocenters. The van der Waals surface area contributed by atoms with Gasteiger partial charge in [-0.1, -0.05) is 12.1 Å². The third-order valence-corrected chi connectivity index (χ3v) is 3.91. The highest BCUT2D eigenvalue weighted by Crippen LogP contribution is 2.26. The molecular formula is C16H19FN4. The van der Waals surface area contributed by atoms with Gasteiger partial charge in [0, 0.05) is 30.9 Å². The number of anilines is 1. The van der Waals surface area contributed by atoms with E-state index in [1.165, 1.54) is 6.07 Å². The first-order chi connectivity index (χ1) is 10.1. The summed E-state index contributed by atoms with van der Waals surface area (Å²) in [6.45, 7) is 3.60. The molecule has 1 aliphatic rings. The molecule has 1 saturated heterocycles. The molecule has 2 N–H and O–H groups in total. The third kappa shape index (κ3) is 2.88. The summed E-state index contributed by atoms with van der Waals surface area (Å²) in [6.07, 6.45) is 3.64. The summed E-state index contributed by atoms with van der Waals surface area (Å²) in [5.41, 5.74) is 7.98. The topological polar surface area (TPSA) is 55.0 Å². The average molecular weight is 286 g/mol. The number of benzene rings is 1. The lowest BCUT2D eigenvalue weighted by molar-refractivity contribution is 0.495. The van der Waals surface area contributed by atoms with Crippen LogP contribution in [0.1, 0.15) is 18.4 Å². The molecule has 4 nitrogen and oxygen atoms in total. The highest BCUT2D eigenvalue weighted by Gasteiger charge is 2.19. The zero-order chi connectivity index (χ0) is 14.8. The molecule has 2 aromatic rings. The summed E-state index contributed by atoms with van der Waals surface area (Å²) < 4.78 is 14.0. The van der Waals surface area contributed by atoms with E-state index in [1.807, 2.05) is 13.0 Å². The van der Waals surface area contributed by atoms with Gasteiger partial charge >= 0.3 is 0 Å². The van der Waals surface area contributed by atoms with E-state index in [-0.39, 0.29) is 11.9 Å². The maximum Gasteiger partial charge on any atom is 0.225 e. The molecule has 0 spiro atoms. The van der Waals surface area contributed by atoms with E-state index in [1.54, 1.807) is 18.3 Å². The Kier molecular flexibility index (Phi) is 3.84. The van der Waals surface area contributed by atoms with Gasteiger partial charge in [-0.2, -0.15) is 0 Å². The van der Waals surface area contributed by atoms with Crippen molar-refractivity contribution in [3.8, 4) is 11.3 Å². The van der Waals surface area contributed by atoms with E-state index < -0.39 is 0 Å². The summed E-state index contributed by atoms with van der Waals surface area (Å²) in [4.78, 5) is 11.1. The number of nitrogens with two attached hydrogens (primary N) is 1. The standard InChI is InChI=1S/C16H19FN4/c1-11-10-19-16(21-8-6-12(18)7-9-21)20-15(11)13-4-2-3-5-14(13)17/h2-5,10,12H,6-9,18H2,1H3. The highest BCUT2D eigenvalue weighted by atomic mass is 19.1. The average Bonchev–Trinajstić information content (AvgIpc) is 2.50. The molecule has 110 valence electrons. The summed E-state index contributed by atoms with van der Waals surface area (Å²) in [7, 11) is 0. The zero-order valence-corrected chi connectivity index (χ0v) is 12.1. The van der Waals surface area contributed by atoms with E-state index in [2.05, 4.69) is 14.9 Å². The van der Waals surface area contributed by atoms with Gasteiger partial charge in [0.1, 0.15) is 5.82 Å². The van der Waals surface area contributed by atoms with Crippen molar-refractivity contribution in [2.24, 2.45) is 5.73 Å². The molecule has 5 heteroatoms. The van der Waals surface area contributed by atoms with Crippen molar-refractivity contribution in [3.63, 3.8) is 0 Å². The maximum atomic E-state index is 14.0. The Morgan fingerprint density at radius 3 is 2.67 bits per heavy atom. The highest BCUT2D eigenvalue weighted by molar-refractivity contribution is 5.64. The van der Waals surface area contributed by atoms with Gasteiger partial charge in [0.05, 0.1) is 5.69 Å². The lowest BCUT2D eigenvalue weighted by atomic mass is 10.1. The van der Waals surface area contributed by atoms with E-state index in [0.717, 1.165) is 31.5 Å². The molecule has 1 aromatic carbocycles. The number of piperidine rings is 1. The maximum absolute atomic E-state index is 14.0. The summed E-state index contributed by atoms with van der Waals surface area (Å²) >= 11 is 0. The Hall–Kier alpha value is -2.01. The van der Waals surface area contributed by atoms with Crippen molar-refractivity contribution in [1.82, 2.24) is 9.97 Å². The minimum atomic E-state index is -0.258. The van der Waals surface area contributed by atoms with E-state index >= 15 is 0 Å². The van der Waals surface area contributed by atoms with Gasteiger partial charge < -0.3 is 10.6 Å². The number of aromatic nitrogens is 2. The van der Waals surface area contributed by atoms with E-state index in [4.69, 9.17) is 5.73 Å². The van der Waals surface area contributed by atoms with Crippen LogP contribution in [-0.2, 0) is 0 Å². The van der Waals surface area contributed by atoms with Crippen LogP contribution in [0.3, 0.4) is 0 Å². The largest absolute Gasteiger partial charge is 0.341 e. The Morgan fingerprint density at radius 2 is 1.95 bits per heavy atom. The van der Waals surface area contributed by atoms with Crippen LogP contribution in [0.25, 0.3) is 11.3 Å². The first-order valence-electron chi connectivity index (χ1n) is 7.24. The monoisotopic (exact) mass is 286 g/mol. The van der Waals surface area contributed by atoms with E-state index in [0.29, 0.717) is 17.2 Å². The van der Waals surface area contributed by atoms with Gasteiger partial charge in [-0.05, 0) is 37.5 Å². The molecule has 0 saturated carbocycles. The minimum absolute atomic E-state index is 0.258. The SMILES string of the molecule is Cc1cnc(N2CCC(N)CC2)nc1-c1ccccc1F. The lowest BCUT2D eigenvalue weighted by Crippen LogP contribution is -2.40. The molecule has 3 rings (SSSR count). The Labute approximate surface area is 123 Å². The van der Waals surface area contributed by atoms with Crippen molar-refractivity contribution in [1.29, 1.82) is 0 Å². The minimum Gasteiger partial charge on any atom is -0.341 e. The van der Waals surface area contributed by atoms with Gasteiger partial charge in [0.2, 0.25) is 5.95 Å². The number of rotatable bonds is 2. The molecule has 0 radical (unpaired) electrons. The first-order valence-corrected chi connectivity index (χ1v) is 7.24. The number of hydrogen-bond donors (Lipinski definition) is 1. The number of aryl methyl sites for hydroxylation is 1. The van der Waals surface area contributed by atoms with Crippen LogP contribution < -0.4 is 10.6 Å². The predicted molar refractivity (Wildman–Crippen MR) is 81.6 cm³/mol. The van der Waals surface area contributed by atoms with Crippen LogP contribution in [0.15, 0.2) is 30.5 Å². The van der Waals surface area contributed by atoms with Crippen LogP contribution in [0.5, 0.6) is 0 Å². The number of halogens is 1. The van der Waals surface area contributed by atoms with E-state index in [9.17, 15) is 4.39 Å². The molecule has 2 heterocycles. The quantitative estimate of drug-likeness (QED) is 0.921. The fourth-order valence-electron chi connectivity index (χ4n) is 2.61. The molecule has 0 aliphatic carbocycles. The molecule has 21 heavy (non-hydrogen) atoms. The van der Waals surface area contributed by atoms with Crippen LogP contribution in [0, 0.1) is 12.7 Å². The molecule has 0 bridgehead atoms. The molecule has 0 unspecified atom stereocenters. The van der Waals surface area contributed by atoms with Crippen LogP contribution in [0.2, 0.25) is 0 Å². The summed E-state index contributed by atoms with van der Waals surface area (Å²) in [6, 6.07) is 6.97. The molecule has 0 amide bonds. The number of nitrogens with zero attached hydrogens (tertiary/aromatic N) is 3. The van der Waals surface area contributed by atoms with Gasteiger partial charge in [-0.25, -0.2) is 14.4 Å². The summed E-state index contributed by atoms with van der Waals surface area (Å²) in [5, 5.41) is 0. The van der Waals surface area contributed by atoms with Crippen LogP contribution >= 0.6 is 0 Å². The van der Waals surface area contributed by atoms with Crippen molar-refractivity contribution >= 4 is 5.95 Å². The molecule has 1 fully saturated rings. The van der Waals surface area contributed by atoms with Crippen molar-refractivity contribution in [3.05, 3.63) is 41.8 Å². The second kappa shape index (κ2) is 5.77. The predicted octanol–water partition coefficient (Wildman–Crippen LogP) is 2.52. The molecular weight excluding hydrogens is 267 g/mol. The van der Waals surface area contributed by atoms with Gasteiger partial charge in [0.15, 0.2) is 0 Å². The first kappa shape index (κ1) is 13.9. The molecule has 1 aromatic heterocycles. The van der Waals surface area contributed by atoms with Crippen LogP contribution in [-0.4, -0.2) is 29.1 Å². The van der Waals surface area contributed by atoms with Crippen LogP contribution in [0.4, 0.5) is 10.3 Å². The van der Waals surface area contributed by atoms with Crippen molar-refractivity contribution in [2.45, 2.75) is 25.8 Å². The van der Waals surface area contributed by atoms with Crippen molar-refractivity contribution < 1.29 is 4.39 Å². The zero-order valence-electron chi connectivity index (χ0n) is 12.1. The third-order valence-electron chi connectivity index (χ3n) is 3.91. The second-order valence-electron chi connectivity index (χ2n) is 5.51. The Bertz CT molecular complexity index is 636.